The second-order valence-electron chi connectivity index (χ2n) is 3.58. The molecule has 1 nitrogen and oxygen atoms in total. The molecule has 1 aromatic carbocycles. The van der Waals surface area contributed by atoms with Gasteiger partial charge in [0.05, 0.1) is 0 Å². The lowest BCUT2D eigenvalue weighted by atomic mass is 10.1. The summed E-state index contributed by atoms with van der Waals surface area (Å²) in [5, 5.41) is 0. The second-order valence-corrected chi connectivity index (χ2v) is 3.58. The Morgan fingerprint density at radius 3 is 2.76 bits per heavy atom. The van der Waals surface area contributed by atoms with E-state index in [0.29, 0.717) is 5.76 Å². The molecule has 0 amide bonds. The molecule has 1 rings (SSSR count). The molecule has 86 valence electrons. The predicted molar refractivity (Wildman–Crippen MR) is 72.8 cm³/mol. The summed E-state index contributed by atoms with van der Waals surface area (Å²) in [6.45, 7) is 7.64. The molecule has 0 aromatic heterocycles. The van der Waals surface area contributed by atoms with Gasteiger partial charge in [-0.3, -0.25) is 0 Å². The van der Waals surface area contributed by atoms with Crippen LogP contribution in [0.2, 0.25) is 0 Å². The van der Waals surface area contributed by atoms with Gasteiger partial charge in [0.25, 0.3) is 0 Å². The van der Waals surface area contributed by atoms with Crippen molar-refractivity contribution in [3.05, 3.63) is 66.0 Å². The predicted octanol–water partition coefficient (Wildman–Crippen LogP) is 4.00. The van der Waals surface area contributed by atoms with Crippen molar-refractivity contribution in [3.63, 3.8) is 0 Å². The van der Waals surface area contributed by atoms with Gasteiger partial charge in [-0.2, -0.15) is 0 Å². The zero-order chi connectivity index (χ0) is 12.7. The molecule has 0 saturated heterocycles. The SMILES string of the molecule is C#Cc1cc(C)cc(O/C(C=C)=C/C=C\C)c1. The summed E-state index contributed by atoms with van der Waals surface area (Å²) >= 11 is 0. The number of terminal acetylenes is 1. The third kappa shape index (κ3) is 4.04. The lowest BCUT2D eigenvalue weighted by Gasteiger charge is -2.07. The molecule has 0 atom stereocenters. The summed E-state index contributed by atoms with van der Waals surface area (Å²) in [4.78, 5) is 0. The smallest absolute Gasteiger partial charge is 0.128 e. The van der Waals surface area contributed by atoms with Gasteiger partial charge in [0.1, 0.15) is 11.5 Å². The molecule has 1 heteroatoms. The highest BCUT2D eigenvalue weighted by Gasteiger charge is 1.99. The van der Waals surface area contributed by atoms with Crippen molar-refractivity contribution >= 4 is 0 Å². The topological polar surface area (TPSA) is 9.23 Å². The molecule has 0 aliphatic heterocycles. The standard InChI is InChI=1S/C16H16O/c1-5-8-9-15(7-3)17-16-11-13(4)10-14(6-2)12-16/h2,5,7-12H,3H2,1,4H3/b8-5-,15-9+. The highest BCUT2D eigenvalue weighted by atomic mass is 16.5. The van der Waals surface area contributed by atoms with Gasteiger partial charge < -0.3 is 4.74 Å². The minimum absolute atomic E-state index is 0.691. The average Bonchev–Trinajstić information content (AvgIpc) is 2.33. The fourth-order valence-corrected chi connectivity index (χ4v) is 1.36. The normalized spacial score (nSPS) is 11.2. The minimum Gasteiger partial charge on any atom is -0.457 e. The maximum atomic E-state index is 5.69. The van der Waals surface area contributed by atoms with E-state index in [2.05, 4.69) is 12.5 Å². The first-order valence-corrected chi connectivity index (χ1v) is 5.41. The molecule has 0 aliphatic carbocycles. The van der Waals surface area contributed by atoms with Gasteiger partial charge in [-0.15, -0.1) is 6.42 Å². The van der Waals surface area contributed by atoms with Gasteiger partial charge in [0.15, 0.2) is 0 Å². The minimum atomic E-state index is 0.691. The number of ether oxygens (including phenoxy) is 1. The lowest BCUT2D eigenvalue weighted by molar-refractivity contribution is 0.444. The van der Waals surface area contributed by atoms with Crippen molar-refractivity contribution in [2.24, 2.45) is 0 Å². The summed E-state index contributed by atoms with van der Waals surface area (Å²) in [7, 11) is 0. The maximum Gasteiger partial charge on any atom is 0.128 e. The Morgan fingerprint density at radius 2 is 2.18 bits per heavy atom. The number of hydrogen-bond acceptors (Lipinski definition) is 1. The van der Waals surface area contributed by atoms with Gasteiger partial charge in [0.2, 0.25) is 0 Å². The van der Waals surface area contributed by atoms with Crippen LogP contribution in [0.5, 0.6) is 5.75 Å². The molecule has 0 unspecified atom stereocenters. The van der Waals surface area contributed by atoms with Crippen LogP contribution in [0.25, 0.3) is 0 Å². The van der Waals surface area contributed by atoms with Crippen LogP contribution in [-0.4, -0.2) is 0 Å². The van der Waals surface area contributed by atoms with Gasteiger partial charge in [-0.25, -0.2) is 0 Å². The van der Waals surface area contributed by atoms with E-state index in [-0.39, 0.29) is 0 Å². The summed E-state index contributed by atoms with van der Waals surface area (Å²) in [6.07, 6.45) is 12.7. The third-order valence-electron chi connectivity index (χ3n) is 2.11. The van der Waals surface area contributed by atoms with Gasteiger partial charge in [-0.1, -0.05) is 24.7 Å². The summed E-state index contributed by atoms with van der Waals surface area (Å²) < 4.78 is 5.69. The first-order valence-electron chi connectivity index (χ1n) is 5.41. The molecule has 0 N–H and O–H groups in total. The molecule has 0 aliphatic rings. The number of aryl methyl sites for hydroxylation is 1. The number of allylic oxidation sites excluding steroid dienone is 4. The number of hydrogen-bond donors (Lipinski definition) is 0. The Labute approximate surface area is 103 Å². The Hall–Kier alpha value is -2.20. The van der Waals surface area contributed by atoms with Crippen molar-refractivity contribution in [2.45, 2.75) is 13.8 Å². The van der Waals surface area contributed by atoms with Crippen LogP contribution < -0.4 is 4.74 Å². The van der Waals surface area contributed by atoms with Crippen LogP contribution in [0.15, 0.2) is 54.8 Å². The van der Waals surface area contributed by atoms with E-state index in [4.69, 9.17) is 11.2 Å². The molecule has 0 saturated carbocycles. The second kappa shape index (κ2) is 6.40. The summed E-state index contributed by atoms with van der Waals surface area (Å²) in [5.74, 6) is 4.02. The van der Waals surface area contributed by atoms with Crippen molar-refractivity contribution in [2.75, 3.05) is 0 Å². The van der Waals surface area contributed by atoms with Crippen molar-refractivity contribution in [1.82, 2.24) is 0 Å². The first kappa shape index (κ1) is 12.9. The molecular formula is C16H16O. The fraction of sp³-hybridized carbons (Fsp3) is 0.125. The zero-order valence-corrected chi connectivity index (χ0v) is 10.2. The molecule has 0 fully saturated rings. The Morgan fingerprint density at radius 1 is 1.41 bits per heavy atom. The van der Waals surface area contributed by atoms with Crippen molar-refractivity contribution < 1.29 is 4.74 Å². The molecular weight excluding hydrogens is 208 g/mol. The highest BCUT2D eigenvalue weighted by Crippen LogP contribution is 2.19. The monoisotopic (exact) mass is 224 g/mol. The Kier molecular flexibility index (Phi) is 4.84. The third-order valence-corrected chi connectivity index (χ3v) is 2.11. The summed E-state index contributed by atoms with van der Waals surface area (Å²) in [6, 6.07) is 5.71. The van der Waals surface area contributed by atoms with E-state index >= 15 is 0 Å². The zero-order valence-electron chi connectivity index (χ0n) is 10.2. The summed E-state index contributed by atoms with van der Waals surface area (Å²) in [5.41, 5.74) is 1.89. The van der Waals surface area contributed by atoms with Crippen LogP contribution in [0.4, 0.5) is 0 Å². The quantitative estimate of drug-likeness (QED) is 0.426. The van der Waals surface area contributed by atoms with Crippen LogP contribution in [0, 0.1) is 19.3 Å². The van der Waals surface area contributed by atoms with Crippen LogP contribution in [-0.2, 0) is 0 Å². The molecule has 0 bridgehead atoms. The van der Waals surface area contributed by atoms with Crippen molar-refractivity contribution in [3.8, 4) is 18.1 Å². The number of benzene rings is 1. The Bertz CT molecular complexity index is 499. The van der Waals surface area contributed by atoms with Crippen LogP contribution in [0.3, 0.4) is 0 Å². The lowest BCUT2D eigenvalue weighted by Crippen LogP contribution is -1.93. The van der Waals surface area contributed by atoms with Gasteiger partial charge >= 0.3 is 0 Å². The molecule has 0 radical (unpaired) electrons. The highest BCUT2D eigenvalue weighted by molar-refractivity contribution is 5.43. The van der Waals surface area contributed by atoms with Crippen LogP contribution in [0.1, 0.15) is 18.1 Å². The van der Waals surface area contributed by atoms with E-state index in [9.17, 15) is 0 Å². The molecule has 17 heavy (non-hydrogen) atoms. The average molecular weight is 224 g/mol. The van der Waals surface area contributed by atoms with Crippen LogP contribution >= 0.6 is 0 Å². The van der Waals surface area contributed by atoms with E-state index in [1.165, 1.54) is 0 Å². The van der Waals surface area contributed by atoms with E-state index in [1.807, 2.05) is 50.3 Å². The van der Waals surface area contributed by atoms with Crippen molar-refractivity contribution in [1.29, 1.82) is 0 Å². The maximum absolute atomic E-state index is 5.69. The van der Waals surface area contributed by atoms with Gasteiger partial charge in [0, 0.05) is 5.56 Å². The molecule has 0 spiro atoms. The van der Waals surface area contributed by atoms with E-state index in [1.54, 1.807) is 6.08 Å². The first-order chi connectivity index (χ1) is 8.19. The fourth-order valence-electron chi connectivity index (χ4n) is 1.36. The Balaban J connectivity index is 2.98. The van der Waals surface area contributed by atoms with E-state index < -0.39 is 0 Å². The number of rotatable bonds is 4. The largest absolute Gasteiger partial charge is 0.457 e. The van der Waals surface area contributed by atoms with Gasteiger partial charge in [-0.05, 0) is 49.8 Å². The molecule has 0 heterocycles. The molecule has 1 aromatic rings. The van der Waals surface area contributed by atoms with E-state index in [0.717, 1.165) is 16.9 Å².